The first-order valence-electron chi connectivity index (χ1n) is 7.10. The Kier molecular flexibility index (Phi) is 3.87. The number of aliphatic hydroxyl groups is 1. The third-order valence-corrected chi connectivity index (χ3v) is 4.88. The van der Waals surface area contributed by atoms with Crippen molar-refractivity contribution in [1.29, 1.82) is 0 Å². The van der Waals surface area contributed by atoms with Crippen molar-refractivity contribution in [3.63, 3.8) is 0 Å². The Labute approximate surface area is 123 Å². The number of nitrogens with one attached hydrogen (secondary N) is 1. The molecule has 0 aliphatic heterocycles. The summed E-state index contributed by atoms with van der Waals surface area (Å²) in [5, 5.41) is 17.4. The highest BCUT2D eigenvalue weighted by atomic mass is 32.1. The molecule has 0 radical (unpaired) electrons. The van der Waals surface area contributed by atoms with Crippen molar-refractivity contribution in [3.05, 3.63) is 51.5 Å². The average Bonchev–Trinajstić information content (AvgIpc) is 2.85. The number of hydrogen-bond acceptors (Lipinski definition) is 4. The second kappa shape index (κ2) is 5.64. The van der Waals surface area contributed by atoms with E-state index < -0.39 is 5.60 Å². The van der Waals surface area contributed by atoms with E-state index in [-0.39, 0.29) is 0 Å². The topological polar surface area (TPSA) is 45.1 Å². The summed E-state index contributed by atoms with van der Waals surface area (Å²) in [7, 11) is 0. The van der Waals surface area contributed by atoms with Gasteiger partial charge in [-0.15, -0.1) is 11.3 Å². The number of fused-ring (bicyclic) bond motifs is 1. The van der Waals surface area contributed by atoms with Gasteiger partial charge in [0.2, 0.25) is 0 Å². The molecule has 3 rings (SSSR count). The molecule has 1 aliphatic carbocycles. The van der Waals surface area contributed by atoms with Gasteiger partial charge in [0.1, 0.15) is 10.6 Å². The number of hydrogen-bond donors (Lipinski definition) is 2. The molecule has 0 amide bonds. The summed E-state index contributed by atoms with van der Waals surface area (Å²) < 4.78 is 0. The van der Waals surface area contributed by atoms with Gasteiger partial charge in [0, 0.05) is 24.2 Å². The van der Waals surface area contributed by atoms with Crippen molar-refractivity contribution in [3.8, 4) is 0 Å². The van der Waals surface area contributed by atoms with E-state index in [1.807, 2.05) is 13.0 Å². The van der Waals surface area contributed by atoms with Gasteiger partial charge >= 0.3 is 0 Å². The minimum absolute atomic E-state index is 0.586. The van der Waals surface area contributed by atoms with Crippen LogP contribution in [0.1, 0.15) is 34.7 Å². The van der Waals surface area contributed by atoms with Crippen molar-refractivity contribution in [2.75, 3.05) is 6.54 Å². The van der Waals surface area contributed by atoms with Crippen LogP contribution in [0.25, 0.3) is 0 Å². The average molecular weight is 288 g/mol. The molecule has 0 saturated carbocycles. The smallest absolute Gasteiger partial charge is 0.107 e. The summed E-state index contributed by atoms with van der Waals surface area (Å²) in [6.07, 6.45) is 2.95. The Balaban J connectivity index is 1.68. The quantitative estimate of drug-likeness (QED) is 0.909. The molecule has 0 spiro atoms. The second-order valence-corrected chi connectivity index (χ2v) is 6.47. The molecular formula is C16H20N2OS. The van der Waals surface area contributed by atoms with E-state index in [0.29, 0.717) is 6.54 Å². The van der Waals surface area contributed by atoms with Gasteiger partial charge in [-0.05, 0) is 37.3 Å². The first kappa shape index (κ1) is 13.7. The molecule has 106 valence electrons. The fourth-order valence-corrected chi connectivity index (χ4v) is 3.68. The largest absolute Gasteiger partial charge is 0.384 e. The Morgan fingerprint density at radius 1 is 1.40 bits per heavy atom. The van der Waals surface area contributed by atoms with E-state index in [1.54, 1.807) is 11.3 Å². The van der Waals surface area contributed by atoms with Gasteiger partial charge in [-0.2, -0.15) is 0 Å². The normalized spacial score (nSPS) is 21.7. The van der Waals surface area contributed by atoms with Crippen LogP contribution < -0.4 is 5.32 Å². The van der Waals surface area contributed by atoms with E-state index in [2.05, 4.69) is 33.9 Å². The summed E-state index contributed by atoms with van der Waals surface area (Å²) in [6, 6.07) is 8.25. The predicted octanol–water partition coefficient (Wildman–Crippen LogP) is 2.77. The molecule has 4 heteroatoms. The van der Waals surface area contributed by atoms with E-state index in [0.717, 1.165) is 42.1 Å². The third kappa shape index (κ3) is 2.77. The number of aryl methyl sites for hydroxylation is 2. The summed E-state index contributed by atoms with van der Waals surface area (Å²) >= 11 is 1.67. The van der Waals surface area contributed by atoms with E-state index >= 15 is 0 Å². The molecule has 1 unspecified atom stereocenters. The number of nitrogens with zero attached hydrogens (tertiary/aromatic N) is 1. The molecule has 1 heterocycles. The van der Waals surface area contributed by atoms with Crippen LogP contribution in [0.2, 0.25) is 0 Å². The molecule has 0 bridgehead atoms. The van der Waals surface area contributed by atoms with Crippen LogP contribution in [0.5, 0.6) is 0 Å². The lowest BCUT2D eigenvalue weighted by atomic mass is 9.79. The Hall–Kier alpha value is -1.23. The number of benzene rings is 1. The van der Waals surface area contributed by atoms with Crippen LogP contribution in [-0.2, 0) is 18.6 Å². The minimum Gasteiger partial charge on any atom is -0.384 e. The van der Waals surface area contributed by atoms with Crippen LogP contribution in [0.3, 0.4) is 0 Å². The fourth-order valence-electron chi connectivity index (χ4n) is 2.94. The third-order valence-electron chi connectivity index (χ3n) is 3.92. The van der Waals surface area contributed by atoms with Crippen LogP contribution in [0.15, 0.2) is 29.6 Å². The lowest BCUT2D eigenvalue weighted by molar-refractivity contribution is 0.0189. The summed E-state index contributed by atoms with van der Waals surface area (Å²) in [5.41, 5.74) is 2.71. The number of rotatable bonds is 4. The van der Waals surface area contributed by atoms with Gasteiger partial charge in [0.15, 0.2) is 0 Å². The lowest BCUT2D eigenvalue weighted by Crippen LogP contribution is -2.40. The zero-order valence-electron chi connectivity index (χ0n) is 11.7. The highest BCUT2D eigenvalue weighted by Crippen LogP contribution is 2.34. The fraction of sp³-hybridized carbons (Fsp3) is 0.438. The Morgan fingerprint density at radius 2 is 2.25 bits per heavy atom. The van der Waals surface area contributed by atoms with Crippen LogP contribution in [0.4, 0.5) is 0 Å². The van der Waals surface area contributed by atoms with Crippen molar-refractivity contribution in [2.45, 2.75) is 38.3 Å². The monoisotopic (exact) mass is 288 g/mol. The van der Waals surface area contributed by atoms with Crippen LogP contribution >= 0.6 is 11.3 Å². The first-order chi connectivity index (χ1) is 9.67. The van der Waals surface area contributed by atoms with Crippen molar-refractivity contribution in [2.24, 2.45) is 0 Å². The van der Waals surface area contributed by atoms with E-state index in [1.165, 1.54) is 5.56 Å². The molecule has 1 aromatic carbocycles. The zero-order valence-corrected chi connectivity index (χ0v) is 12.5. The standard InChI is InChI=1S/C16H20N2OS/c1-12-10-20-15(18-12)9-17-11-16(19)8-4-6-13-5-2-3-7-14(13)16/h2-3,5,7,10,17,19H,4,6,8-9,11H2,1H3. The SMILES string of the molecule is Cc1csc(CNCC2(O)CCCc3ccccc32)n1. The molecule has 1 aliphatic rings. The van der Waals surface area contributed by atoms with E-state index in [4.69, 9.17) is 0 Å². The predicted molar refractivity (Wildman–Crippen MR) is 81.8 cm³/mol. The number of aromatic nitrogens is 1. The van der Waals surface area contributed by atoms with Crippen LogP contribution in [0, 0.1) is 6.92 Å². The van der Waals surface area contributed by atoms with Gasteiger partial charge in [-0.3, -0.25) is 0 Å². The van der Waals surface area contributed by atoms with Crippen molar-refractivity contribution < 1.29 is 5.11 Å². The van der Waals surface area contributed by atoms with Gasteiger partial charge < -0.3 is 10.4 Å². The minimum atomic E-state index is -0.735. The summed E-state index contributed by atoms with van der Waals surface area (Å²) in [5.74, 6) is 0. The Morgan fingerprint density at radius 3 is 3.05 bits per heavy atom. The van der Waals surface area contributed by atoms with Gasteiger partial charge in [0.25, 0.3) is 0 Å². The lowest BCUT2D eigenvalue weighted by Gasteiger charge is -2.34. The van der Waals surface area contributed by atoms with Crippen LogP contribution in [-0.4, -0.2) is 16.6 Å². The molecule has 3 nitrogen and oxygen atoms in total. The molecule has 1 aromatic heterocycles. The highest BCUT2D eigenvalue weighted by molar-refractivity contribution is 7.09. The molecule has 2 N–H and O–H groups in total. The second-order valence-electron chi connectivity index (χ2n) is 5.53. The van der Waals surface area contributed by atoms with Crippen molar-refractivity contribution in [1.82, 2.24) is 10.3 Å². The summed E-state index contributed by atoms with van der Waals surface area (Å²) in [4.78, 5) is 4.43. The maximum absolute atomic E-state index is 10.9. The molecule has 2 aromatic rings. The van der Waals surface area contributed by atoms with E-state index in [9.17, 15) is 5.11 Å². The molecular weight excluding hydrogens is 268 g/mol. The Bertz CT molecular complexity index is 596. The summed E-state index contributed by atoms with van der Waals surface area (Å²) in [6.45, 7) is 3.32. The molecule has 0 fully saturated rings. The molecule has 0 saturated heterocycles. The first-order valence-corrected chi connectivity index (χ1v) is 7.98. The van der Waals surface area contributed by atoms with Gasteiger partial charge in [-0.1, -0.05) is 24.3 Å². The maximum atomic E-state index is 10.9. The van der Waals surface area contributed by atoms with Gasteiger partial charge in [0.05, 0.1) is 0 Å². The molecule has 20 heavy (non-hydrogen) atoms. The van der Waals surface area contributed by atoms with Crippen molar-refractivity contribution >= 4 is 11.3 Å². The number of thiazole rings is 1. The zero-order chi connectivity index (χ0) is 14.0. The maximum Gasteiger partial charge on any atom is 0.107 e. The molecule has 1 atom stereocenters. The van der Waals surface area contributed by atoms with Gasteiger partial charge in [-0.25, -0.2) is 4.98 Å². The highest BCUT2D eigenvalue weighted by Gasteiger charge is 2.33.